The summed E-state index contributed by atoms with van der Waals surface area (Å²) in [6.45, 7) is 4.40. The molecule has 0 saturated heterocycles. The molecule has 0 bridgehead atoms. The fourth-order valence-electron chi connectivity index (χ4n) is 11.6. The van der Waals surface area contributed by atoms with Crippen LogP contribution in [-0.4, -0.2) is 11.3 Å². The standard InChI is InChI=1S/C64H49BN2O/c1-42(2)46-25-18-20-43(38-46)34-36-53-56-41-51(66(48-26-12-5-13-27-48)49-28-14-6-15-29-49)40-55-52-32-19-33-54-59(52)63(67(50-30-16-7-17-31-50)62(54)45-23-10-4-11-24-45)65(61(55)56)64-60(53)57-39-47(35-37-58(57)68-64)44-21-8-3-9-22-44/h3-33,35,37-42,53H,34,36H2,1-2H3. The van der Waals surface area contributed by atoms with Gasteiger partial charge in [0.25, 0.3) is 0 Å². The zero-order valence-corrected chi connectivity index (χ0v) is 38.3. The molecule has 68 heavy (non-hydrogen) atoms. The fraction of sp³-hybridized carbons (Fsp3) is 0.0938. The summed E-state index contributed by atoms with van der Waals surface area (Å²) in [5.74, 6) is 0.489. The third kappa shape index (κ3) is 6.50. The molecule has 1 unspecified atom stereocenters. The van der Waals surface area contributed by atoms with Crippen molar-refractivity contribution in [1.29, 1.82) is 0 Å². The van der Waals surface area contributed by atoms with Gasteiger partial charge in [-0.2, -0.15) is 0 Å². The summed E-state index contributed by atoms with van der Waals surface area (Å²) in [5.41, 5.74) is 21.9. The van der Waals surface area contributed by atoms with E-state index in [0.717, 1.165) is 46.8 Å². The van der Waals surface area contributed by atoms with E-state index in [1.807, 2.05) is 0 Å². The van der Waals surface area contributed by atoms with Crippen molar-refractivity contribution in [1.82, 2.24) is 4.57 Å². The predicted octanol–water partition coefficient (Wildman–Crippen LogP) is 14.9. The largest absolute Gasteiger partial charge is 0.470 e. The van der Waals surface area contributed by atoms with Gasteiger partial charge in [0.15, 0.2) is 0 Å². The number of nitrogens with zero attached hydrogens (tertiary/aromatic N) is 2. The van der Waals surface area contributed by atoms with E-state index in [9.17, 15) is 0 Å². The summed E-state index contributed by atoms with van der Waals surface area (Å²) >= 11 is 0. The molecule has 0 fully saturated rings. The summed E-state index contributed by atoms with van der Waals surface area (Å²) in [5, 5.41) is 3.71. The van der Waals surface area contributed by atoms with Gasteiger partial charge in [-0.1, -0.05) is 183 Å². The Hall–Kier alpha value is -8.08. The van der Waals surface area contributed by atoms with E-state index in [0.29, 0.717) is 5.92 Å². The van der Waals surface area contributed by atoms with E-state index >= 15 is 0 Å². The zero-order chi connectivity index (χ0) is 45.3. The Kier molecular flexibility index (Phi) is 9.68. The second kappa shape index (κ2) is 16.4. The number of aryl methyl sites for hydroxylation is 1. The lowest BCUT2D eigenvalue weighted by Gasteiger charge is -2.37. The van der Waals surface area contributed by atoms with Crippen LogP contribution in [0, 0.1) is 0 Å². The van der Waals surface area contributed by atoms with Gasteiger partial charge in [-0.15, -0.1) is 0 Å². The second-order valence-electron chi connectivity index (χ2n) is 18.9. The van der Waals surface area contributed by atoms with Crippen LogP contribution in [0.25, 0.3) is 60.9 Å². The van der Waals surface area contributed by atoms with Crippen molar-refractivity contribution in [3.05, 3.63) is 247 Å². The number of aromatic nitrogens is 1. The lowest BCUT2D eigenvalue weighted by atomic mass is 9.33. The van der Waals surface area contributed by atoms with Crippen LogP contribution in [0.5, 0.6) is 0 Å². The van der Waals surface area contributed by atoms with Crippen molar-refractivity contribution in [3.63, 3.8) is 0 Å². The normalized spacial score (nSPS) is 13.5. The Labute approximate surface area is 398 Å². The third-order valence-corrected chi connectivity index (χ3v) is 14.6. The van der Waals surface area contributed by atoms with Crippen LogP contribution < -0.4 is 21.6 Å². The van der Waals surface area contributed by atoms with Gasteiger partial charge in [0.1, 0.15) is 5.58 Å². The summed E-state index contributed by atoms with van der Waals surface area (Å²) in [4.78, 5) is 2.45. The molecular formula is C64H49BN2O. The van der Waals surface area contributed by atoms with Crippen LogP contribution in [-0.2, 0) is 6.42 Å². The number of anilines is 3. The van der Waals surface area contributed by atoms with Gasteiger partial charge in [0.05, 0.1) is 11.4 Å². The maximum Gasteiger partial charge on any atom is 0.310 e. The molecule has 0 saturated carbocycles. The number of hydrogen-bond donors (Lipinski definition) is 0. The first kappa shape index (κ1) is 40.2. The number of benzene rings is 9. The molecule has 0 N–H and O–H groups in total. The summed E-state index contributed by atoms with van der Waals surface area (Å²) in [6.07, 6.45) is 1.85. The van der Waals surface area contributed by atoms with Gasteiger partial charge in [0.2, 0.25) is 0 Å². The summed E-state index contributed by atoms with van der Waals surface area (Å²) < 4.78 is 10.1. The minimum atomic E-state index is -0.186. The Morgan fingerprint density at radius 2 is 1.19 bits per heavy atom. The first-order valence-corrected chi connectivity index (χ1v) is 24.2. The Morgan fingerprint density at radius 1 is 0.544 bits per heavy atom. The summed E-state index contributed by atoms with van der Waals surface area (Å²) in [6, 6.07) is 82.7. The maximum atomic E-state index is 7.51. The minimum absolute atomic E-state index is 0.0350. The average Bonchev–Trinajstić information content (AvgIpc) is 3.95. The molecule has 2 aliphatic heterocycles. The molecule has 2 aromatic heterocycles. The van der Waals surface area contributed by atoms with Gasteiger partial charge >= 0.3 is 6.71 Å². The van der Waals surface area contributed by atoms with E-state index in [4.69, 9.17) is 4.42 Å². The van der Waals surface area contributed by atoms with Crippen LogP contribution >= 0.6 is 0 Å². The second-order valence-corrected chi connectivity index (χ2v) is 18.9. The molecule has 4 heteroatoms. The molecule has 3 nitrogen and oxygen atoms in total. The van der Waals surface area contributed by atoms with E-state index in [1.54, 1.807) is 0 Å². The van der Waals surface area contributed by atoms with Crippen molar-refractivity contribution in [3.8, 4) is 39.2 Å². The van der Waals surface area contributed by atoms with Gasteiger partial charge in [0, 0.05) is 50.4 Å². The number of para-hydroxylation sites is 3. The molecular weight excluding hydrogens is 824 g/mol. The lowest BCUT2D eigenvalue weighted by molar-refractivity contribution is 0.634. The topological polar surface area (TPSA) is 21.3 Å². The quantitative estimate of drug-likeness (QED) is 0.128. The molecule has 9 aromatic carbocycles. The highest BCUT2D eigenvalue weighted by Gasteiger charge is 2.48. The smallest absolute Gasteiger partial charge is 0.310 e. The minimum Gasteiger partial charge on any atom is -0.470 e. The first-order valence-electron chi connectivity index (χ1n) is 24.2. The zero-order valence-electron chi connectivity index (χ0n) is 38.3. The number of hydrogen-bond acceptors (Lipinski definition) is 2. The number of fused-ring (bicyclic) bond motifs is 6. The Balaban J connectivity index is 1.16. The maximum absolute atomic E-state index is 7.51. The Morgan fingerprint density at radius 3 is 1.88 bits per heavy atom. The molecule has 0 spiro atoms. The van der Waals surface area contributed by atoms with Crippen LogP contribution in [0.15, 0.2) is 229 Å². The molecule has 2 aliphatic rings. The fourth-order valence-corrected chi connectivity index (χ4v) is 11.6. The molecule has 1 atom stereocenters. The van der Waals surface area contributed by atoms with E-state index in [1.165, 1.54) is 83.0 Å². The first-order chi connectivity index (χ1) is 33.6. The monoisotopic (exact) mass is 872 g/mol. The van der Waals surface area contributed by atoms with E-state index in [-0.39, 0.29) is 12.6 Å². The molecule has 0 radical (unpaired) electrons. The van der Waals surface area contributed by atoms with Crippen molar-refractivity contribution in [2.75, 3.05) is 4.90 Å². The van der Waals surface area contributed by atoms with Gasteiger partial charge in [-0.05, 0) is 129 Å². The molecule has 0 amide bonds. The van der Waals surface area contributed by atoms with Gasteiger partial charge in [-0.25, -0.2) is 0 Å². The lowest BCUT2D eigenvalue weighted by Crippen LogP contribution is -2.61. The van der Waals surface area contributed by atoms with Crippen molar-refractivity contribution >= 4 is 62.2 Å². The molecule has 13 rings (SSSR count). The van der Waals surface area contributed by atoms with E-state index in [2.05, 4.69) is 248 Å². The van der Waals surface area contributed by atoms with Crippen molar-refractivity contribution in [2.45, 2.75) is 38.5 Å². The van der Waals surface area contributed by atoms with Crippen molar-refractivity contribution < 1.29 is 4.42 Å². The van der Waals surface area contributed by atoms with Crippen LogP contribution in [0.3, 0.4) is 0 Å². The molecule has 11 aromatic rings. The third-order valence-electron chi connectivity index (χ3n) is 14.6. The van der Waals surface area contributed by atoms with Crippen LogP contribution in [0.1, 0.15) is 54.4 Å². The number of furan rings is 1. The highest BCUT2D eigenvalue weighted by molar-refractivity contribution is 6.98. The highest BCUT2D eigenvalue weighted by Crippen LogP contribution is 2.48. The predicted molar refractivity (Wildman–Crippen MR) is 286 cm³/mol. The highest BCUT2D eigenvalue weighted by atomic mass is 16.3. The molecule has 324 valence electrons. The van der Waals surface area contributed by atoms with Crippen molar-refractivity contribution in [2.24, 2.45) is 0 Å². The van der Waals surface area contributed by atoms with Gasteiger partial charge < -0.3 is 13.9 Å². The molecule has 4 heterocycles. The van der Waals surface area contributed by atoms with Crippen LogP contribution in [0.2, 0.25) is 0 Å². The van der Waals surface area contributed by atoms with E-state index < -0.39 is 0 Å². The van der Waals surface area contributed by atoms with Gasteiger partial charge in [-0.3, -0.25) is 0 Å². The number of rotatable bonds is 10. The summed E-state index contributed by atoms with van der Waals surface area (Å²) in [7, 11) is 0. The molecule has 0 aliphatic carbocycles. The average molecular weight is 873 g/mol. The SMILES string of the molecule is CC(C)c1cccc(CCC2c3cc(N(c4ccccc4)c4ccccc4)cc4c3B(c3oc5ccc(-c6ccccc6)cc5c32)c2c3c-4cccc3c(-c3ccccc3)n2-c2ccccc2)c1. The van der Waals surface area contributed by atoms with Crippen LogP contribution in [0.4, 0.5) is 17.1 Å². The Bertz CT molecular complexity index is 3610.